The Morgan fingerprint density at radius 2 is 1.89 bits per heavy atom. The maximum Gasteiger partial charge on any atom is 0.316 e. The summed E-state index contributed by atoms with van der Waals surface area (Å²) in [5.74, 6) is 0. The van der Waals surface area contributed by atoms with Crippen LogP contribution in [-0.4, -0.2) is 23.4 Å². The van der Waals surface area contributed by atoms with Gasteiger partial charge in [-0.1, -0.05) is 48.5 Å². The molecule has 1 aliphatic rings. The molecule has 3 rings (SSSR count). The van der Waals surface area contributed by atoms with E-state index in [0.29, 0.717) is 13.1 Å². The summed E-state index contributed by atoms with van der Waals surface area (Å²) in [7, 11) is 0. The van der Waals surface area contributed by atoms with Crippen LogP contribution in [0.15, 0.2) is 48.5 Å². The molecule has 2 nitrogen and oxygen atoms in total. The van der Waals surface area contributed by atoms with Gasteiger partial charge in [0.05, 0.1) is 0 Å². The molecule has 1 amide bonds. The van der Waals surface area contributed by atoms with E-state index in [1.807, 2.05) is 0 Å². The normalized spacial score (nSPS) is 15.4. The van der Waals surface area contributed by atoms with Crippen LogP contribution in [-0.2, 0) is 0 Å². The molecular formula is C16H14ClNO. The summed E-state index contributed by atoms with van der Waals surface area (Å²) in [6.07, 6.45) is 2.96. The van der Waals surface area contributed by atoms with E-state index in [1.165, 1.54) is 21.9 Å². The molecule has 0 spiro atoms. The molecule has 0 atom stereocenters. The van der Waals surface area contributed by atoms with Gasteiger partial charge in [-0.3, -0.25) is 4.79 Å². The molecule has 0 aliphatic carbocycles. The van der Waals surface area contributed by atoms with Gasteiger partial charge in [-0.05, 0) is 39.9 Å². The minimum Gasteiger partial charge on any atom is -0.325 e. The van der Waals surface area contributed by atoms with E-state index >= 15 is 0 Å². The molecule has 0 bridgehead atoms. The van der Waals surface area contributed by atoms with Crippen molar-refractivity contribution >= 4 is 33.3 Å². The van der Waals surface area contributed by atoms with Gasteiger partial charge in [-0.25, -0.2) is 0 Å². The van der Waals surface area contributed by atoms with E-state index in [9.17, 15) is 4.79 Å². The topological polar surface area (TPSA) is 20.3 Å². The number of fused-ring (bicyclic) bond motifs is 1. The van der Waals surface area contributed by atoms with Crippen molar-refractivity contribution in [3.05, 3.63) is 54.1 Å². The Kier molecular flexibility index (Phi) is 3.26. The number of halogens is 1. The van der Waals surface area contributed by atoms with Crippen molar-refractivity contribution < 1.29 is 4.79 Å². The van der Waals surface area contributed by atoms with E-state index < -0.39 is 0 Å². The molecule has 0 N–H and O–H groups in total. The van der Waals surface area contributed by atoms with Gasteiger partial charge in [0.25, 0.3) is 0 Å². The number of hydrogen-bond donors (Lipinski definition) is 0. The third-order valence-electron chi connectivity index (χ3n) is 3.59. The number of benzene rings is 2. The molecule has 96 valence electrons. The molecule has 0 saturated carbocycles. The summed E-state index contributed by atoms with van der Waals surface area (Å²) in [6, 6.07) is 14.7. The van der Waals surface area contributed by atoms with E-state index in [1.54, 1.807) is 4.90 Å². The summed E-state index contributed by atoms with van der Waals surface area (Å²) in [5, 5.41) is 2.15. The van der Waals surface area contributed by atoms with Crippen LogP contribution in [0.3, 0.4) is 0 Å². The lowest BCUT2D eigenvalue weighted by Gasteiger charge is -2.24. The highest BCUT2D eigenvalue weighted by Crippen LogP contribution is 2.29. The zero-order chi connectivity index (χ0) is 13.2. The molecule has 0 radical (unpaired) electrons. The molecule has 0 unspecified atom stereocenters. The monoisotopic (exact) mass is 271 g/mol. The zero-order valence-corrected chi connectivity index (χ0v) is 11.2. The largest absolute Gasteiger partial charge is 0.325 e. The van der Waals surface area contributed by atoms with Gasteiger partial charge in [0.1, 0.15) is 0 Å². The van der Waals surface area contributed by atoms with Gasteiger partial charge < -0.3 is 4.90 Å². The third kappa shape index (κ3) is 2.36. The van der Waals surface area contributed by atoms with Crippen LogP contribution >= 0.6 is 11.6 Å². The predicted octanol–water partition coefficient (Wildman–Crippen LogP) is 4.29. The molecule has 0 aromatic heterocycles. The molecule has 1 aliphatic heterocycles. The van der Waals surface area contributed by atoms with Gasteiger partial charge in [0.2, 0.25) is 0 Å². The fourth-order valence-electron chi connectivity index (χ4n) is 2.58. The highest BCUT2D eigenvalue weighted by Gasteiger charge is 2.16. The Hall–Kier alpha value is -1.80. The first-order chi connectivity index (χ1) is 9.25. The second kappa shape index (κ2) is 5.06. The first-order valence-corrected chi connectivity index (χ1v) is 6.75. The molecule has 2 aromatic carbocycles. The molecule has 1 heterocycles. The molecule has 2 aromatic rings. The molecule has 0 fully saturated rings. The van der Waals surface area contributed by atoms with E-state index in [0.717, 1.165) is 6.42 Å². The van der Waals surface area contributed by atoms with Crippen molar-refractivity contribution in [3.8, 4) is 0 Å². The summed E-state index contributed by atoms with van der Waals surface area (Å²) in [4.78, 5) is 12.8. The molecule has 0 saturated heterocycles. The van der Waals surface area contributed by atoms with Crippen LogP contribution in [0.4, 0.5) is 4.79 Å². The van der Waals surface area contributed by atoms with E-state index in [-0.39, 0.29) is 5.37 Å². The number of carbonyl (C=O) groups excluding carboxylic acids is 1. The van der Waals surface area contributed by atoms with Crippen molar-refractivity contribution in [2.24, 2.45) is 0 Å². The van der Waals surface area contributed by atoms with Crippen molar-refractivity contribution in [3.63, 3.8) is 0 Å². The van der Waals surface area contributed by atoms with Crippen molar-refractivity contribution in [2.45, 2.75) is 6.42 Å². The Morgan fingerprint density at radius 3 is 2.63 bits per heavy atom. The average Bonchev–Trinajstić information content (AvgIpc) is 2.47. The minimum absolute atomic E-state index is 0.367. The molecule has 3 heteroatoms. The number of amides is 1. The number of nitrogens with zero attached hydrogens (tertiary/aromatic N) is 1. The maximum atomic E-state index is 11.1. The summed E-state index contributed by atoms with van der Waals surface area (Å²) in [6.45, 7) is 1.29. The molecule has 19 heavy (non-hydrogen) atoms. The van der Waals surface area contributed by atoms with Crippen LogP contribution < -0.4 is 0 Å². The van der Waals surface area contributed by atoms with Crippen LogP contribution in [0.5, 0.6) is 0 Å². The van der Waals surface area contributed by atoms with E-state index in [2.05, 4.69) is 48.5 Å². The van der Waals surface area contributed by atoms with E-state index in [4.69, 9.17) is 11.6 Å². The SMILES string of the molecule is O=C(Cl)N1CC=C(c2cccc3ccccc23)CC1. The predicted molar refractivity (Wildman–Crippen MR) is 79.4 cm³/mol. The van der Waals surface area contributed by atoms with Crippen LogP contribution in [0.2, 0.25) is 0 Å². The standard InChI is InChI=1S/C16H14ClNO/c17-16(19)18-10-8-13(9-11-18)15-7-3-5-12-4-1-2-6-14(12)15/h1-8H,9-11H2. The lowest BCUT2D eigenvalue weighted by Crippen LogP contribution is -2.30. The van der Waals surface area contributed by atoms with Crippen molar-refractivity contribution in [1.82, 2.24) is 4.90 Å². The summed E-state index contributed by atoms with van der Waals surface area (Å²) >= 11 is 5.50. The Bertz CT molecular complexity index is 657. The van der Waals surface area contributed by atoms with Crippen LogP contribution in [0, 0.1) is 0 Å². The van der Waals surface area contributed by atoms with Gasteiger partial charge >= 0.3 is 5.37 Å². The second-order valence-corrected chi connectivity index (χ2v) is 5.03. The lowest BCUT2D eigenvalue weighted by atomic mass is 9.94. The Balaban J connectivity index is 2.00. The molecular weight excluding hydrogens is 258 g/mol. The first kappa shape index (κ1) is 12.2. The average molecular weight is 272 g/mol. The van der Waals surface area contributed by atoms with Crippen molar-refractivity contribution in [2.75, 3.05) is 13.1 Å². The fraction of sp³-hybridized carbons (Fsp3) is 0.188. The lowest BCUT2D eigenvalue weighted by molar-refractivity contribution is 0.227. The second-order valence-electron chi connectivity index (χ2n) is 4.71. The van der Waals surface area contributed by atoms with Crippen LogP contribution in [0.25, 0.3) is 16.3 Å². The number of hydrogen-bond acceptors (Lipinski definition) is 1. The van der Waals surface area contributed by atoms with Gasteiger partial charge in [0.15, 0.2) is 0 Å². The van der Waals surface area contributed by atoms with Crippen LogP contribution in [0.1, 0.15) is 12.0 Å². The fourth-order valence-corrected chi connectivity index (χ4v) is 2.73. The van der Waals surface area contributed by atoms with Gasteiger partial charge in [-0.2, -0.15) is 0 Å². The quantitative estimate of drug-likeness (QED) is 0.560. The third-order valence-corrected chi connectivity index (χ3v) is 3.83. The van der Waals surface area contributed by atoms with Crippen molar-refractivity contribution in [1.29, 1.82) is 0 Å². The minimum atomic E-state index is -0.367. The number of rotatable bonds is 1. The summed E-state index contributed by atoms with van der Waals surface area (Å²) < 4.78 is 0. The number of carbonyl (C=O) groups is 1. The smallest absolute Gasteiger partial charge is 0.316 e. The van der Waals surface area contributed by atoms with Gasteiger partial charge in [-0.15, -0.1) is 0 Å². The zero-order valence-electron chi connectivity index (χ0n) is 10.5. The first-order valence-electron chi connectivity index (χ1n) is 6.37. The maximum absolute atomic E-state index is 11.1. The Labute approximate surface area is 117 Å². The van der Waals surface area contributed by atoms with Gasteiger partial charge in [0, 0.05) is 13.1 Å². The highest BCUT2D eigenvalue weighted by molar-refractivity contribution is 6.62. The Morgan fingerprint density at radius 1 is 1.11 bits per heavy atom. The highest BCUT2D eigenvalue weighted by atomic mass is 35.5. The summed E-state index contributed by atoms with van der Waals surface area (Å²) in [5.41, 5.74) is 2.56.